The first-order valence-corrected chi connectivity index (χ1v) is 10.5. The molecule has 0 atom stereocenters. The summed E-state index contributed by atoms with van der Waals surface area (Å²) in [5.41, 5.74) is -0.288. The number of fused-ring (bicyclic) bond motifs is 1. The number of carbonyl (C=O) groups excluding carboxylic acids is 1. The summed E-state index contributed by atoms with van der Waals surface area (Å²) < 4.78 is 64.3. The molecule has 1 aromatic carbocycles. The summed E-state index contributed by atoms with van der Waals surface area (Å²) in [5, 5.41) is 5.85. The number of nitrogens with zero attached hydrogens (tertiary/aromatic N) is 4. The Balaban J connectivity index is 1.29. The molecule has 0 bridgehead atoms. The molecule has 0 spiro atoms. The van der Waals surface area contributed by atoms with Crippen LogP contribution in [-0.4, -0.2) is 39.3 Å². The number of benzene rings is 1. The number of hydrogen-bond donors (Lipinski definition) is 1. The maximum Gasteiger partial charge on any atom is 0.401 e. The van der Waals surface area contributed by atoms with Crippen molar-refractivity contribution in [3.8, 4) is 17.1 Å². The number of halogens is 4. The highest BCUT2D eigenvalue weighted by atomic mass is 19.4. The Hall–Kier alpha value is -4.09. The van der Waals surface area contributed by atoms with E-state index in [1.165, 1.54) is 25.4 Å². The van der Waals surface area contributed by atoms with Crippen LogP contribution < -0.4 is 10.1 Å². The molecule has 0 saturated heterocycles. The SMILES string of the molecule is COc1ccc2ncc(-c3ccc(CC(=O)Nc4cc(C5(C(F)(F)F)CC5)on4)c(F)c3)nc2n1. The summed E-state index contributed by atoms with van der Waals surface area (Å²) in [7, 11) is 1.48. The van der Waals surface area contributed by atoms with Crippen molar-refractivity contribution in [3.63, 3.8) is 0 Å². The van der Waals surface area contributed by atoms with Crippen LogP contribution in [0.15, 0.2) is 47.1 Å². The van der Waals surface area contributed by atoms with Gasteiger partial charge in [0.2, 0.25) is 11.8 Å². The zero-order valence-electron chi connectivity index (χ0n) is 18.2. The highest BCUT2D eigenvalue weighted by molar-refractivity contribution is 5.91. The molecule has 1 aliphatic rings. The van der Waals surface area contributed by atoms with Crippen LogP contribution in [0.5, 0.6) is 5.88 Å². The summed E-state index contributed by atoms with van der Waals surface area (Å²) in [6.45, 7) is 0. The predicted molar refractivity (Wildman–Crippen MR) is 115 cm³/mol. The number of aromatic nitrogens is 4. The Morgan fingerprint density at radius 3 is 2.66 bits per heavy atom. The largest absolute Gasteiger partial charge is 0.481 e. The van der Waals surface area contributed by atoms with Gasteiger partial charge in [-0.15, -0.1) is 0 Å². The molecule has 1 N–H and O–H groups in total. The Morgan fingerprint density at radius 1 is 1.17 bits per heavy atom. The molecule has 12 heteroatoms. The fourth-order valence-corrected chi connectivity index (χ4v) is 3.70. The van der Waals surface area contributed by atoms with E-state index in [1.807, 2.05) is 0 Å². The molecule has 180 valence electrons. The van der Waals surface area contributed by atoms with Gasteiger partial charge in [0.15, 0.2) is 17.2 Å². The fraction of sp³-hybridized carbons (Fsp3) is 0.261. The van der Waals surface area contributed by atoms with Crippen LogP contribution in [0.2, 0.25) is 0 Å². The third kappa shape index (κ3) is 4.27. The molecule has 1 aliphatic carbocycles. The monoisotopic (exact) mass is 487 g/mol. The molecule has 5 rings (SSSR count). The topological polar surface area (TPSA) is 103 Å². The second-order valence-corrected chi connectivity index (χ2v) is 8.14. The Kier molecular flexibility index (Phi) is 5.37. The lowest BCUT2D eigenvalue weighted by Gasteiger charge is -2.14. The predicted octanol–water partition coefficient (Wildman–Crippen LogP) is 4.60. The number of carbonyl (C=O) groups is 1. The van der Waals surface area contributed by atoms with E-state index in [2.05, 4.69) is 25.4 Å². The lowest BCUT2D eigenvalue weighted by molar-refractivity contribution is -0.165. The minimum atomic E-state index is -4.46. The number of rotatable bonds is 6. The second-order valence-electron chi connectivity index (χ2n) is 8.14. The fourth-order valence-electron chi connectivity index (χ4n) is 3.70. The maximum atomic E-state index is 14.7. The molecule has 35 heavy (non-hydrogen) atoms. The van der Waals surface area contributed by atoms with Crippen molar-refractivity contribution in [1.29, 1.82) is 0 Å². The van der Waals surface area contributed by atoms with Gasteiger partial charge in [-0.05, 0) is 30.5 Å². The van der Waals surface area contributed by atoms with E-state index in [9.17, 15) is 22.4 Å². The maximum absolute atomic E-state index is 14.7. The van der Waals surface area contributed by atoms with Gasteiger partial charge in [0.25, 0.3) is 0 Å². The van der Waals surface area contributed by atoms with Gasteiger partial charge in [-0.25, -0.2) is 9.37 Å². The molecule has 0 aliphatic heterocycles. The minimum Gasteiger partial charge on any atom is -0.481 e. The van der Waals surface area contributed by atoms with E-state index in [1.54, 1.807) is 18.2 Å². The van der Waals surface area contributed by atoms with Crippen molar-refractivity contribution < 1.29 is 31.6 Å². The van der Waals surface area contributed by atoms with Gasteiger partial charge >= 0.3 is 6.18 Å². The number of nitrogens with one attached hydrogen (secondary N) is 1. The van der Waals surface area contributed by atoms with Gasteiger partial charge < -0.3 is 14.6 Å². The number of pyridine rings is 1. The summed E-state index contributed by atoms with van der Waals surface area (Å²) in [5.74, 6) is -1.46. The summed E-state index contributed by atoms with van der Waals surface area (Å²) in [4.78, 5) is 25.2. The van der Waals surface area contributed by atoms with E-state index in [0.29, 0.717) is 28.3 Å². The van der Waals surface area contributed by atoms with Crippen LogP contribution in [0.1, 0.15) is 24.2 Å². The van der Waals surface area contributed by atoms with Crippen LogP contribution in [0, 0.1) is 5.82 Å². The number of amides is 1. The Morgan fingerprint density at radius 2 is 1.97 bits per heavy atom. The van der Waals surface area contributed by atoms with Gasteiger partial charge in [-0.2, -0.15) is 18.2 Å². The molecule has 4 aromatic rings. The highest BCUT2D eigenvalue weighted by Crippen LogP contribution is 2.59. The standard InChI is InChI=1S/C23H17F4N5O3/c1-34-20-5-4-15-21(31-20)29-16(11-28-15)13-3-2-12(14(24)8-13)9-19(33)30-18-10-17(35-32-18)22(6-7-22)23(25,26)27/h2-5,8,10-11H,6-7,9H2,1H3,(H,30,32,33). The highest BCUT2D eigenvalue weighted by Gasteiger charge is 2.66. The van der Waals surface area contributed by atoms with Crippen molar-refractivity contribution in [3.05, 3.63) is 59.7 Å². The van der Waals surface area contributed by atoms with E-state index >= 15 is 0 Å². The van der Waals surface area contributed by atoms with Gasteiger partial charge in [0.05, 0.1) is 25.4 Å². The third-order valence-corrected chi connectivity index (χ3v) is 5.83. The molecular weight excluding hydrogens is 470 g/mol. The first-order chi connectivity index (χ1) is 16.7. The molecule has 1 saturated carbocycles. The van der Waals surface area contributed by atoms with E-state index in [4.69, 9.17) is 9.26 Å². The molecule has 8 nitrogen and oxygen atoms in total. The molecule has 1 amide bonds. The van der Waals surface area contributed by atoms with E-state index in [-0.39, 0.29) is 36.4 Å². The van der Waals surface area contributed by atoms with Crippen LogP contribution >= 0.6 is 0 Å². The molecule has 3 aromatic heterocycles. The zero-order chi connectivity index (χ0) is 24.8. The number of ether oxygens (including phenoxy) is 1. The molecular formula is C23H17F4N5O3. The average Bonchev–Trinajstić information content (AvgIpc) is 3.53. The summed E-state index contributed by atoms with van der Waals surface area (Å²) in [6, 6.07) is 8.62. The smallest absolute Gasteiger partial charge is 0.401 e. The van der Waals surface area contributed by atoms with Gasteiger partial charge in [0, 0.05) is 17.7 Å². The number of methoxy groups -OCH3 is 1. The average molecular weight is 487 g/mol. The van der Waals surface area contributed by atoms with Gasteiger partial charge in [0.1, 0.15) is 16.7 Å². The number of alkyl halides is 3. The first kappa shape index (κ1) is 22.7. The van der Waals surface area contributed by atoms with Crippen molar-refractivity contribution in [2.45, 2.75) is 30.9 Å². The van der Waals surface area contributed by atoms with Gasteiger partial charge in [-0.1, -0.05) is 17.3 Å². The normalized spacial score (nSPS) is 14.7. The summed E-state index contributed by atoms with van der Waals surface area (Å²) in [6.07, 6.45) is -3.53. The molecule has 0 unspecified atom stereocenters. The van der Waals surface area contributed by atoms with Crippen LogP contribution in [0.25, 0.3) is 22.4 Å². The zero-order valence-corrected chi connectivity index (χ0v) is 18.2. The Labute approximate surface area is 195 Å². The van der Waals surface area contributed by atoms with Crippen molar-refractivity contribution >= 4 is 22.9 Å². The molecule has 3 heterocycles. The Bertz CT molecular complexity index is 1430. The first-order valence-electron chi connectivity index (χ1n) is 10.5. The number of hydrogen-bond acceptors (Lipinski definition) is 7. The minimum absolute atomic E-state index is 0.0810. The van der Waals surface area contributed by atoms with Crippen LogP contribution in [-0.2, 0) is 16.6 Å². The van der Waals surface area contributed by atoms with Crippen LogP contribution in [0.4, 0.5) is 23.4 Å². The van der Waals surface area contributed by atoms with E-state index < -0.39 is 23.3 Å². The lowest BCUT2D eigenvalue weighted by Crippen LogP contribution is -2.28. The van der Waals surface area contributed by atoms with Gasteiger partial charge in [-0.3, -0.25) is 9.78 Å². The second kappa shape index (κ2) is 8.29. The molecule has 0 radical (unpaired) electrons. The van der Waals surface area contributed by atoms with E-state index in [0.717, 1.165) is 6.07 Å². The third-order valence-electron chi connectivity index (χ3n) is 5.83. The van der Waals surface area contributed by atoms with Crippen molar-refractivity contribution in [2.24, 2.45) is 0 Å². The molecule has 1 fully saturated rings. The lowest BCUT2D eigenvalue weighted by atomic mass is 10.0. The van der Waals surface area contributed by atoms with Crippen molar-refractivity contribution in [2.75, 3.05) is 12.4 Å². The number of anilines is 1. The summed E-state index contributed by atoms with van der Waals surface area (Å²) >= 11 is 0. The quantitative estimate of drug-likeness (QED) is 0.397. The van der Waals surface area contributed by atoms with Crippen LogP contribution in [0.3, 0.4) is 0 Å². The van der Waals surface area contributed by atoms with Crippen molar-refractivity contribution in [1.82, 2.24) is 20.1 Å².